The number of nitrogens with one attached hydrogen (secondary N) is 1. The van der Waals surface area contributed by atoms with Crippen molar-refractivity contribution in [1.82, 2.24) is 10.2 Å². The van der Waals surface area contributed by atoms with E-state index in [1.165, 1.54) is 11.1 Å². The lowest BCUT2D eigenvalue weighted by Crippen LogP contribution is -2.38. The molecule has 22 heavy (non-hydrogen) atoms. The second kappa shape index (κ2) is 6.32. The van der Waals surface area contributed by atoms with Gasteiger partial charge in [-0.05, 0) is 43.1 Å². The van der Waals surface area contributed by atoms with E-state index in [1.807, 2.05) is 36.2 Å². The first kappa shape index (κ1) is 14.8. The molecule has 3 heteroatoms. The second-order valence-electron chi connectivity index (χ2n) is 6.01. The van der Waals surface area contributed by atoms with Crippen molar-refractivity contribution in [3.05, 3.63) is 59.7 Å². The van der Waals surface area contributed by atoms with Gasteiger partial charge in [-0.25, -0.2) is 0 Å². The van der Waals surface area contributed by atoms with Crippen molar-refractivity contribution in [3.63, 3.8) is 0 Å². The predicted octanol–water partition coefficient (Wildman–Crippen LogP) is 3.10. The van der Waals surface area contributed by atoms with E-state index < -0.39 is 0 Å². The first-order valence-electron chi connectivity index (χ1n) is 7.80. The molecule has 2 aromatic rings. The SMILES string of the molecule is Cc1ccc(-c2ccc(C(=O)N(C)C3CCNC3)cc2)cc1. The molecule has 3 rings (SSSR count). The normalized spacial score (nSPS) is 17.5. The summed E-state index contributed by atoms with van der Waals surface area (Å²) in [6, 6.07) is 16.7. The highest BCUT2D eigenvalue weighted by atomic mass is 16.2. The van der Waals surface area contributed by atoms with E-state index in [9.17, 15) is 4.79 Å². The van der Waals surface area contributed by atoms with E-state index in [-0.39, 0.29) is 5.91 Å². The highest BCUT2D eigenvalue weighted by molar-refractivity contribution is 5.94. The van der Waals surface area contributed by atoms with Crippen LogP contribution in [0.1, 0.15) is 22.3 Å². The average Bonchev–Trinajstić information content (AvgIpc) is 3.09. The highest BCUT2D eigenvalue weighted by Crippen LogP contribution is 2.21. The zero-order valence-corrected chi connectivity index (χ0v) is 13.2. The Morgan fingerprint density at radius 3 is 2.18 bits per heavy atom. The number of rotatable bonds is 3. The standard InChI is InChI=1S/C19H22N2O/c1-14-3-5-15(6-4-14)16-7-9-17(10-8-16)19(22)21(2)18-11-12-20-13-18/h3-10,18,20H,11-13H2,1-2H3. The van der Waals surface area contributed by atoms with Crippen LogP contribution < -0.4 is 5.32 Å². The average molecular weight is 294 g/mol. The Kier molecular flexibility index (Phi) is 4.25. The summed E-state index contributed by atoms with van der Waals surface area (Å²) in [5.74, 6) is 0.101. The van der Waals surface area contributed by atoms with Crippen molar-refractivity contribution >= 4 is 5.91 Å². The molecule has 1 amide bonds. The minimum absolute atomic E-state index is 0.101. The molecule has 3 nitrogen and oxygen atoms in total. The fourth-order valence-corrected chi connectivity index (χ4v) is 2.89. The van der Waals surface area contributed by atoms with Crippen molar-refractivity contribution in [2.45, 2.75) is 19.4 Å². The Bertz CT molecular complexity index is 640. The van der Waals surface area contributed by atoms with Crippen LogP contribution in [-0.4, -0.2) is 37.0 Å². The Labute approximate surface area is 132 Å². The summed E-state index contributed by atoms with van der Waals surface area (Å²) in [5.41, 5.74) is 4.33. The van der Waals surface area contributed by atoms with Crippen LogP contribution in [-0.2, 0) is 0 Å². The van der Waals surface area contributed by atoms with Crippen LogP contribution in [0.3, 0.4) is 0 Å². The van der Waals surface area contributed by atoms with Crippen LogP contribution in [0.5, 0.6) is 0 Å². The maximum Gasteiger partial charge on any atom is 0.253 e. The first-order valence-corrected chi connectivity index (χ1v) is 7.80. The van der Waals surface area contributed by atoms with Gasteiger partial charge >= 0.3 is 0 Å². The van der Waals surface area contributed by atoms with E-state index in [0.717, 1.165) is 30.6 Å². The monoisotopic (exact) mass is 294 g/mol. The summed E-state index contributed by atoms with van der Waals surface area (Å²) in [6.45, 7) is 3.97. The third kappa shape index (κ3) is 3.04. The number of likely N-dealkylation sites (N-methyl/N-ethyl adjacent to an activating group) is 1. The molecule has 0 spiro atoms. The fourth-order valence-electron chi connectivity index (χ4n) is 2.89. The zero-order chi connectivity index (χ0) is 15.5. The van der Waals surface area contributed by atoms with Crippen molar-refractivity contribution in [3.8, 4) is 11.1 Å². The summed E-state index contributed by atoms with van der Waals surface area (Å²) >= 11 is 0. The van der Waals surface area contributed by atoms with E-state index in [1.54, 1.807) is 0 Å². The molecular weight excluding hydrogens is 272 g/mol. The maximum absolute atomic E-state index is 12.5. The van der Waals surface area contributed by atoms with E-state index in [4.69, 9.17) is 0 Å². The number of carbonyl (C=O) groups is 1. The Morgan fingerprint density at radius 2 is 1.64 bits per heavy atom. The lowest BCUT2D eigenvalue weighted by molar-refractivity contribution is 0.0744. The van der Waals surface area contributed by atoms with Crippen molar-refractivity contribution < 1.29 is 4.79 Å². The highest BCUT2D eigenvalue weighted by Gasteiger charge is 2.23. The van der Waals surface area contributed by atoms with Gasteiger partial charge < -0.3 is 10.2 Å². The van der Waals surface area contributed by atoms with Gasteiger partial charge in [-0.15, -0.1) is 0 Å². The quantitative estimate of drug-likeness (QED) is 0.943. The van der Waals surface area contributed by atoms with Crippen LogP contribution >= 0.6 is 0 Å². The van der Waals surface area contributed by atoms with Gasteiger partial charge in [0.05, 0.1) is 0 Å². The van der Waals surface area contributed by atoms with E-state index in [2.05, 4.69) is 36.5 Å². The molecule has 1 atom stereocenters. The van der Waals surface area contributed by atoms with Gasteiger partial charge in [0.2, 0.25) is 0 Å². The molecule has 1 aliphatic heterocycles. The topological polar surface area (TPSA) is 32.3 Å². The smallest absolute Gasteiger partial charge is 0.253 e. The van der Waals surface area contributed by atoms with Crippen LogP contribution in [0.15, 0.2) is 48.5 Å². The number of carbonyl (C=O) groups excluding carboxylic acids is 1. The van der Waals surface area contributed by atoms with Gasteiger partial charge in [-0.3, -0.25) is 4.79 Å². The van der Waals surface area contributed by atoms with Crippen molar-refractivity contribution in [1.29, 1.82) is 0 Å². The van der Waals surface area contributed by atoms with Crippen molar-refractivity contribution in [2.24, 2.45) is 0 Å². The molecule has 0 aliphatic carbocycles. The molecule has 114 valence electrons. The Balaban J connectivity index is 1.75. The van der Waals surface area contributed by atoms with Gasteiger partial charge in [0, 0.05) is 25.2 Å². The Morgan fingerprint density at radius 1 is 1.05 bits per heavy atom. The number of hydrogen-bond acceptors (Lipinski definition) is 2. The Hall–Kier alpha value is -2.13. The molecule has 1 unspecified atom stereocenters. The maximum atomic E-state index is 12.5. The van der Waals surface area contributed by atoms with Gasteiger partial charge in [0.1, 0.15) is 0 Å². The molecule has 1 N–H and O–H groups in total. The number of amides is 1. The van der Waals surface area contributed by atoms with Gasteiger partial charge in [-0.2, -0.15) is 0 Å². The molecule has 1 saturated heterocycles. The fraction of sp³-hybridized carbons (Fsp3) is 0.316. The lowest BCUT2D eigenvalue weighted by atomic mass is 10.0. The minimum atomic E-state index is 0.101. The summed E-state index contributed by atoms with van der Waals surface area (Å²) in [6.07, 6.45) is 1.03. The van der Waals surface area contributed by atoms with Crippen LogP contribution in [0.2, 0.25) is 0 Å². The molecule has 1 aliphatic rings. The molecule has 0 aromatic heterocycles. The van der Waals surface area contributed by atoms with Gasteiger partial charge in [-0.1, -0.05) is 42.0 Å². The van der Waals surface area contributed by atoms with Gasteiger partial charge in [0.25, 0.3) is 5.91 Å². The number of hydrogen-bond donors (Lipinski definition) is 1. The number of aryl methyl sites for hydroxylation is 1. The summed E-state index contributed by atoms with van der Waals surface area (Å²) < 4.78 is 0. The minimum Gasteiger partial charge on any atom is -0.337 e. The molecule has 0 saturated carbocycles. The first-order chi connectivity index (χ1) is 10.6. The largest absolute Gasteiger partial charge is 0.337 e. The molecule has 1 fully saturated rings. The van der Waals surface area contributed by atoms with Crippen LogP contribution in [0, 0.1) is 6.92 Å². The van der Waals surface area contributed by atoms with Crippen LogP contribution in [0.25, 0.3) is 11.1 Å². The predicted molar refractivity (Wildman–Crippen MR) is 90.0 cm³/mol. The second-order valence-corrected chi connectivity index (χ2v) is 6.01. The van der Waals surface area contributed by atoms with E-state index >= 15 is 0 Å². The molecular formula is C19H22N2O. The van der Waals surface area contributed by atoms with Gasteiger partial charge in [0.15, 0.2) is 0 Å². The molecule has 0 bridgehead atoms. The summed E-state index contributed by atoms with van der Waals surface area (Å²) in [7, 11) is 1.90. The zero-order valence-electron chi connectivity index (χ0n) is 13.2. The summed E-state index contributed by atoms with van der Waals surface area (Å²) in [4.78, 5) is 14.4. The van der Waals surface area contributed by atoms with Crippen LogP contribution in [0.4, 0.5) is 0 Å². The summed E-state index contributed by atoms with van der Waals surface area (Å²) in [5, 5.41) is 3.30. The molecule has 0 radical (unpaired) electrons. The van der Waals surface area contributed by atoms with E-state index in [0.29, 0.717) is 6.04 Å². The number of benzene rings is 2. The van der Waals surface area contributed by atoms with Crippen molar-refractivity contribution in [2.75, 3.05) is 20.1 Å². The third-order valence-corrected chi connectivity index (χ3v) is 4.42. The molecule has 2 aromatic carbocycles. The lowest BCUT2D eigenvalue weighted by Gasteiger charge is -2.23. The molecule has 1 heterocycles. The third-order valence-electron chi connectivity index (χ3n) is 4.42. The number of nitrogens with zero attached hydrogens (tertiary/aromatic N) is 1.